The lowest BCUT2D eigenvalue weighted by atomic mass is 10.1. The van der Waals surface area contributed by atoms with E-state index in [2.05, 4.69) is 0 Å². The molecular weight excluding hydrogens is 288 g/mol. The normalized spacial score (nSPS) is 12.0. The van der Waals surface area contributed by atoms with Gasteiger partial charge in [0.1, 0.15) is 11.5 Å². The molecule has 0 radical (unpaired) electrons. The van der Waals surface area contributed by atoms with E-state index in [1.165, 1.54) is 11.4 Å². The number of benzene rings is 1. The van der Waals surface area contributed by atoms with Crippen molar-refractivity contribution in [2.45, 2.75) is 31.8 Å². The van der Waals surface area contributed by atoms with E-state index >= 15 is 0 Å². The molecule has 21 heavy (non-hydrogen) atoms. The molecule has 6 heteroatoms. The quantitative estimate of drug-likeness (QED) is 0.918. The molecule has 2 aromatic rings. The Morgan fingerprint density at radius 2 is 1.90 bits per heavy atom. The summed E-state index contributed by atoms with van der Waals surface area (Å²) in [5, 5.41) is 0. The van der Waals surface area contributed by atoms with Crippen LogP contribution in [0.5, 0.6) is 0 Å². The van der Waals surface area contributed by atoms with Gasteiger partial charge in [0.2, 0.25) is 10.0 Å². The number of hydrogen-bond acceptors (Lipinski definition) is 4. The van der Waals surface area contributed by atoms with Gasteiger partial charge in [-0.2, -0.15) is 4.31 Å². The van der Waals surface area contributed by atoms with E-state index in [4.69, 9.17) is 10.2 Å². The molecule has 2 rings (SSSR count). The Kier molecular flexibility index (Phi) is 4.51. The summed E-state index contributed by atoms with van der Waals surface area (Å²) in [6, 6.07) is 8.61. The third-order valence-corrected chi connectivity index (χ3v) is 5.22. The number of furan rings is 1. The van der Waals surface area contributed by atoms with Crippen LogP contribution in [0.25, 0.3) is 0 Å². The number of rotatable bonds is 5. The largest absolute Gasteiger partial charge is 0.465 e. The van der Waals surface area contributed by atoms with Crippen LogP contribution in [0.15, 0.2) is 39.6 Å². The minimum absolute atomic E-state index is 0.196. The van der Waals surface area contributed by atoms with Crippen LogP contribution in [-0.4, -0.2) is 19.8 Å². The highest BCUT2D eigenvalue weighted by molar-refractivity contribution is 7.89. The van der Waals surface area contributed by atoms with Crippen molar-refractivity contribution in [1.82, 2.24) is 4.31 Å². The van der Waals surface area contributed by atoms with Crippen LogP contribution >= 0.6 is 0 Å². The van der Waals surface area contributed by atoms with E-state index in [9.17, 15) is 8.42 Å². The molecule has 2 N–H and O–H groups in total. The Morgan fingerprint density at radius 3 is 2.48 bits per heavy atom. The van der Waals surface area contributed by atoms with Crippen molar-refractivity contribution in [1.29, 1.82) is 0 Å². The number of hydrogen-bond donors (Lipinski definition) is 1. The molecular formula is C15H20N2O3S. The zero-order valence-electron chi connectivity index (χ0n) is 12.5. The third-order valence-electron chi connectivity index (χ3n) is 3.42. The second kappa shape index (κ2) is 6.01. The minimum atomic E-state index is -3.56. The molecule has 1 heterocycles. The van der Waals surface area contributed by atoms with Crippen LogP contribution in [0.3, 0.4) is 0 Å². The molecule has 0 bridgehead atoms. The molecule has 0 aliphatic rings. The zero-order chi connectivity index (χ0) is 15.6. The average Bonchev–Trinajstić information content (AvgIpc) is 2.84. The van der Waals surface area contributed by atoms with Crippen LogP contribution in [0, 0.1) is 13.8 Å². The van der Waals surface area contributed by atoms with Crippen LogP contribution in [-0.2, 0) is 23.1 Å². The molecule has 0 aliphatic heterocycles. The van der Waals surface area contributed by atoms with Gasteiger partial charge in [-0.05, 0) is 49.2 Å². The van der Waals surface area contributed by atoms with E-state index in [-0.39, 0.29) is 11.4 Å². The summed E-state index contributed by atoms with van der Waals surface area (Å²) in [6.45, 7) is 4.25. The Labute approximate surface area is 125 Å². The first-order chi connectivity index (χ1) is 9.84. The number of nitrogens with two attached hydrogens (primary N) is 1. The SMILES string of the molecule is Cc1ccc(CN(C)S(=O)(=O)c2ccc(C)c(CN)c2)o1. The Hall–Kier alpha value is -1.63. The zero-order valence-corrected chi connectivity index (χ0v) is 13.3. The fourth-order valence-corrected chi connectivity index (χ4v) is 3.27. The Morgan fingerprint density at radius 1 is 1.19 bits per heavy atom. The summed E-state index contributed by atoms with van der Waals surface area (Å²) in [5.74, 6) is 1.38. The standard InChI is InChI=1S/C15H20N2O3S/c1-11-4-7-15(8-13(11)9-16)21(18,19)17(3)10-14-6-5-12(2)20-14/h4-8H,9-10,16H2,1-3H3. The average molecular weight is 308 g/mol. The molecule has 0 atom stereocenters. The summed E-state index contributed by atoms with van der Waals surface area (Å²) in [5.41, 5.74) is 7.46. The van der Waals surface area contributed by atoms with Crippen molar-refractivity contribution < 1.29 is 12.8 Å². The van der Waals surface area contributed by atoms with Gasteiger partial charge in [0.25, 0.3) is 0 Å². The van der Waals surface area contributed by atoms with Gasteiger partial charge in [0.05, 0.1) is 11.4 Å². The second-order valence-electron chi connectivity index (χ2n) is 5.07. The van der Waals surface area contributed by atoms with Crippen molar-refractivity contribution in [3.63, 3.8) is 0 Å². The maximum Gasteiger partial charge on any atom is 0.243 e. The topological polar surface area (TPSA) is 76.5 Å². The minimum Gasteiger partial charge on any atom is -0.465 e. The lowest BCUT2D eigenvalue weighted by Crippen LogP contribution is -2.26. The first-order valence-corrected chi connectivity index (χ1v) is 8.10. The summed E-state index contributed by atoms with van der Waals surface area (Å²) >= 11 is 0. The monoisotopic (exact) mass is 308 g/mol. The van der Waals surface area contributed by atoms with Crippen molar-refractivity contribution in [3.8, 4) is 0 Å². The molecule has 0 spiro atoms. The lowest BCUT2D eigenvalue weighted by molar-refractivity contribution is 0.397. The molecule has 0 saturated heterocycles. The molecule has 0 amide bonds. The van der Waals surface area contributed by atoms with Gasteiger partial charge >= 0.3 is 0 Å². The second-order valence-corrected chi connectivity index (χ2v) is 7.11. The van der Waals surface area contributed by atoms with Crippen molar-refractivity contribution >= 4 is 10.0 Å². The van der Waals surface area contributed by atoms with Gasteiger partial charge < -0.3 is 10.2 Å². The van der Waals surface area contributed by atoms with Crippen molar-refractivity contribution in [3.05, 3.63) is 53.0 Å². The number of sulfonamides is 1. The van der Waals surface area contributed by atoms with Crippen LogP contribution in [0.1, 0.15) is 22.6 Å². The summed E-state index contributed by atoms with van der Waals surface area (Å²) in [6.07, 6.45) is 0. The van der Waals surface area contributed by atoms with Gasteiger partial charge in [-0.1, -0.05) is 6.07 Å². The lowest BCUT2D eigenvalue weighted by Gasteiger charge is -2.17. The highest BCUT2D eigenvalue weighted by Crippen LogP contribution is 2.20. The van der Waals surface area contributed by atoms with E-state index in [1.807, 2.05) is 19.9 Å². The number of nitrogens with zero attached hydrogens (tertiary/aromatic N) is 1. The van der Waals surface area contributed by atoms with Gasteiger partial charge in [0.15, 0.2) is 0 Å². The van der Waals surface area contributed by atoms with E-state index in [0.717, 1.165) is 16.9 Å². The third kappa shape index (κ3) is 3.34. The fourth-order valence-electron chi connectivity index (χ4n) is 2.08. The van der Waals surface area contributed by atoms with Crippen LogP contribution in [0.2, 0.25) is 0 Å². The molecule has 0 aliphatic carbocycles. The molecule has 0 unspecified atom stereocenters. The maximum absolute atomic E-state index is 12.6. The van der Waals surface area contributed by atoms with E-state index in [1.54, 1.807) is 24.3 Å². The molecule has 114 valence electrons. The predicted octanol–water partition coefficient (Wildman–Crippen LogP) is 2.18. The number of aryl methyl sites for hydroxylation is 2. The summed E-state index contributed by atoms with van der Waals surface area (Å²) in [7, 11) is -2.02. The molecule has 0 fully saturated rings. The summed E-state index contributed by atoms with van der Waals surface area (Å²) < 4.78 is 31.8. The van der Waals surface area contributed by atoms with Gasteiger partial charge in [-0.15, -0.1) is 0 Å². The first kappa shape index (κ1) is 15.8. The maximum atomic E-state index is 12.6. The summed E-state index contributed by atoms with van der Waals surface area (Å²) in [4.78, 5) is 0.249. The van der Waals surface area contributed by atoms with E-state index in [0.29, 0.717) is 12.3 Å². The van der Waals surface area contributed by atoms with Crippen molar-refractivity contribution in [2.24, 2.45) is 5.73 Å². The van der Waals surface area contributed by atoms with Gasteiger partial charge in [-0.25, -0.2) is 8.42 Å². The molecule has 1 aromatic carbocycles. The Balaban J connectivity index is 2.28. The Bertz CT molecular complexity index is 735. The van der Waals surface area contributed by atoms with Gasteiger partial charge in [-0.3, -0.25) is 0 Å². The van der Waals surface area contributed by atoms with Crippen LogP contribution in [0.4, 0.5) is 0 Å². The fraction of sp³-hybridized carbons (Fsp3) is 0.333. The van der Waals surface area contributed by atoms with Crippen molar-refractivity contribution in [2.75, 3.05) is 7.05 Å². The molecule has 5 nitrogen and oxygen atoms in total. The first-order valence-electron chi connectivity index (χ1n) is 6.66. The predicted molar refractivity (Wildman–Crippen MR) is 81.2 cm³/mol. The molecule has 0 saturated carbocycles. The van der Waals surface area contributed by atoms with Gasteiger partial charge in [0, 0.05) is 13.6 Å². The highest BCUT2D eigenvalue weighted by Gasteiger charge is 2.22. The smallest absolute Gasteiger partial charge is 0.243 e. The van der Waals surface area contributed by atoms with E-state index < -0.39 is 10.0 Å². The van der Waals surface area contributed by atoms with Crippen LogP contribution < -0.4 is 5.73 Å². The highest BCUT2D eigenvalue weighted by atomic mass is 32.2. The molecule has 1 aromatic heterocycles.